The van der Waals surface area contributed by atoms with E-state index in [2.05, 4.69) is 11.9 Å². The molecule has 0 saturated carbocycles. The predicted octanol–water partition coefficient (Wildman–Crippen LogP) is 2.74. The van der Waals surface area contributed by atoms with Gasteiger partial charge in [-0.1, -0.05) is 25.8 Å². The first kappa shape index (κ1) is 15.7. The zero-order chi connectivity index (χ0) is 16.2. The normalized spacial score (nSPS) is 18.8. The first-order chi connectivity index (χ1) is 11.2. The van der Waals surface area contributed by atoms with Gasteiger partial charge in [-0.2, -0.15) is 0 Å². The van der Waals surface area contributed by atoms with Gasteiger partial charge in [0.1, 0.15) is 11.2 Å². The predicted molar refractivity (Wildman–Crippen MR) is 89.6 cm³/mol. The molecule has 0 radical (unpaired) electrons. The van der Waals surface area contributed by atoms with Gasteiger partial charge >= 0.3 is 0 Å². The molecule has 2 aromatic rings. The summed E-state index contributed by atoms with van der Waals surface area (Å²) in [5.41, 5.74) is 0.450. The standard InChI is InChI=1S/C18H23N3O2/c1-2-6-14-7-5-10-20(12-9-14)17(22)15-13-19-16-8-3-4-11-21(16)18(15)23/h3-4,8,11,13-14H,2,5-7,9-10,12H2,1H3/t14-/m1/s1. The number of amides is 1. The Morgan fingerprint density at radius 2 is 2.17 bits per heavy atom. The average Bonchev–Trinajstić information content (AvgIpc) is 2.81. The van der Waals surface area contributed by atoms with Crippen LogP contribution < -0.4 is 5.56 Å². The molecule has 1 saturated heterocycles. The Labute approximate surface area is 136 Å². The molecule has 122 valence electrons. The Morgan fingerprint density at radius 3 is 3.00 bits per heavy atom. The summed E-state index contributed by atoms with van der Waals surface area (Å²) in [6, 6.07) is 5.36. The highest BCUT2D eigenvalue weighted by Gasteiger charge is 2.23. The number of hydrogen-bond donors (Lipinski definition) is 0. The van der Waals surface area contributed by atoms with Crippen LogP contribution in [0.1, 0.15) is 49.4 Å². The molecule has 5 heteroatoms. The van der Waals surface area contributed by atoms with Crippen LogP contribution in [0.25, 0.3) is 5.65 Å². The van der Waals surface area contributed by atoms with E-state index < -0.39 is 0 Å². The third kappa shape index (κ3) is 3.28. The van der Waals surface area contributed by atoms with Gasteiger partial charge in [0, 0.05) is 25.5 Å². The van der Waals surface area contributed by atoms with Crippen LogP contribution in [0.2, 0.25) is 0 Å². The van der Waals surface area contributed by atoms with Crippen LogP contribution in [-0.2, 0) is 0 Å². The van der Waals surface area contributed by atoms with Crippen molar-refractivity contribution in [1.82, 2.24) is 14.3 Å². The lowest BCUT2D eigenvalue weighted by atomic mass is 9.96. The Kier molecular flexibility index (Phi) is 4.74. The first-order valence-corrected chi connectivity index (χ1v) is 8.46. The molecule has 0 unspecified atom stereocenters. The van der Waals surface area contributed by atoms with Crippen molar-refractivity contribution in [1.29, 1.82) is 0 Å². The lowest BCUT2D eigenvalue weighted by Crippen LogP contribution is -2.36. The number of hydrogen-bond acceptors (Lipinski definition) is 3. The molecule has 0 aromatic carbocycles. The van der Waals surface area contributed by atoms with Gasteiger partial charge in [0.25, 0.3) is 11.5 Å². The molecule has 0 bridgehead atoms. The second kappa shape index (κ2) is 6.94. The minimum Gasteiger partial charge on any atom is -0.338 e. The largest absolute Gasteiger partial charge is 0.338 e. The van der Waals surface area contributed by atoms with Gasteiger partial charge in [-0.15, -0.1) is 0 Å². The summed E-state index contributed by atoms with van der Waals surface area (Å²) in [5.74, 6) is 0.520. The maximum atomic E-state index is 12.8. The van der Waals surface area contributed by atoms with E-state index in [1.165, 1.54) is 29.9 Å². The molecule has 5 nitrogen and oxygen atoms in total. The van der Waals surface area contributed by atoms with E-state index in [0.717, 1.165) is 25.9 Å². The summed E-state index contributed by atoms with van der Waals surface area (Å²) >= 11 is 0. The van der Waals surface area contributed by atoms with Crippen molar-refractivity contribution in [3.63, 3.8) is 0 Å². The number of likely N-dealkylation sites (tertiary alicyclic amines) is 1. The molecule has 1 amide bonds. The fraction of sp³-hybridized carbons (Fsp3) is 0.500. The maximum Gasteiger partial charge on any atom is 0.270 e. The van der Waals surface area contributed by atoms with Gasteiger partial charge in [-0.3, -0.25) is 14.0 Å². The van der Waals surface area contributed by atoms with Crippen LogP contribution in [0.3, 0.4) is 0 Å². The van der Waals surface area contributed by atoms with E-state index >= 15 is 0 Å². The Morgan fingerprint density at radius 1 is 1.30 bits per heavy atom. The second-order valence-corrected chi connectivity index (χ2v) is 6.28. The summed E-state index contributed by atoms with van der Waals surface area (Å²) in [7, 11) is 0. The van der Waals surface area contributed by atoms with Crippen molar-refractivity contribution in [2.75, 3.05) is 13.1 Å². The topological polar surface area (TPSA) is 54.7 Å². The monoisotopic (exact) mass is 313 g/mol. The number of rotatable bonds is 3. The molecule has 0 N–H and O–H groups in total. The zero-order valence-corrected chi connectivity index (χ0v) is 13.6. The molecular formula is C18H23N3O2. The highest BCUT2D eigenvalue weighted by molar-refractivity contribution is 5.93. The Balaban J connectivity index is 1.83. The van der Waals surface area contributed by atoms with Crippen molar-refractivity contribution in [2.24, 2.45) is 5.92 Å². The number of aromatic nitrogens is 2. The molecule has 1 atom stereocenters. The molecule has 2 aromatic heterocycles. The van der Waals surface area contributed by atoms with Crippen LogP contribution in [0.4, 0.5) is 0 Å². The average molecular weight is 313 g/mol. The van der Waals surface area contributed by atoms with Crippen molar-refractivity contribution in [3.05, 3.63) is 46.5 Å². The quantitative estimate of drug-likeness (QED) is 0.875. The van der Waals surface area contributed by atoms with Gasteiger partial charge in [-0.25, -0.2) is 4.98 Å². The van der Waals surface area contributed by atoms with Crippen LogP contribution in [0, 0.1) is 5.92 Å². The molecule has 1 fully saturated rings. The van der Waals surface area contributed by atoms with Crippen LogP contribution >= 0.6 is 0 Å². The van der Waals surface area contributed by atoms with E-state index in [1.54, 1.807) is 18.3 Å². The number of carbonyl (C=O) groups is 1. The van der Waals surface area contributed by atoms with Crippen molar-refractivity contribution in [3.8, 4) is 0 Å². The summed E-state index contributed by atoms with van der Waals surface area (Å²) in [6.45, 7) is 3.67. The van der Waals surface area contributed by atoms with E-state index in [-0.39, 0.29) is 17.0 Å². The van der Waals surface area contributed by atoms with Gasteiger partial charge in [0.05, 0.1) is 0 Å². The molecule has 23 heavy (non-hydrogen) atoms. The molecule has 1 aliphatic rings. The highest BCUT2D eigenvalue weighted by atomic mass is 16.2. The van der Waals surface area contributed by atoms with Crippen LogP contribution in [0.15, 0.2) is 35.4 Å². The molecule has 3 heterocycles. The molecule has 3 rings (SSSR count). The minimum atomic E-state index is -0.282. The third-order valence-electron chi connectivity index (χ3n) is 4.68. The highest BCUT2D eigenvalue weighted by Crippen LogP contribution is 2.22. The summed E-state index contributed by atoms with van der Waals surface area (Å²) in [4.78, 5) is 31.4. The van der Waals surface area contributed by atoms with Gasteiger partial charge in [0.15, 0.2) is 0 Å². The summed E-state index contributed by atoms with van der Waals surface area (Å²) in [5, 5.41) is 0. The fourth-order valence-electron chi connectivity index (χ4n) is 3.41. The zero-order valence-electron chi connectivity index (χ0n) is 13.6. The molecule has 1 aliphatic heterocycles. The van der Waals surface area contributed by atoms with Crippen LogP contribution in [0.5, 0.6) is 0 Å². The van der Waals surface area contributed by atoms with E-state index in [1.807, 2.05) is 11.0 Å². The van der Waals surface area contributed by atoms with Gasteiger partial charge in [-0.05, 0) is 37.3 Å². The van der Waals surface area contributed by atoms with E-state index in [4.69, 9.17) is 0 Å². The summed E-state index contributed by atoms with van der Waals surface area (Å²) < 4.78 is 1.44. The van der Waals surface area contributed by atoms with E-state index in [9.17, 15) is 9.59 Å². The number of pyridine rings is 1. The van der Waals surface area contributed by atoms with Crippen molar-refractivity contribution < 1.29 is 4.79 Å². The summed E-state index contributed by atoms with van der Waals surface area (Å²) in [6.07, 6.45) is 8.71. The molecular weight excluding hydrogens is 290 g/mol. The fourth-order valence-corrected chi connectivity index (χ4v) is 3.41. The van der Waals surface area contributed by atoms with Gasteiger partial charge < -0.3 is 4.90 Å². The first-order valence-electron chi connectivity index (χ1n) is 8.46. The third-order valence-corrected chi connectivity index (χ3v) is 4.68. The maximum absolute atomic E-state index is 12.8. The van der Waals surface area contributed by atoms with E-state index in [0.29, 0.717) is 11.6 Å². The minimum absolute atomic E-state index is 0.169. The SMILES string of the molecule is CCC[C@@H]1CCCN(C(=O)c2cnc3ccccn3c2=O)CC1. The van der Waals surface area contributed by atoms with Crippen molar-refractivity contribution in [2.45, 2.75) is 39.0 Å². The lowest BCUT2D eigenvalue weighted by molar-refractivity contribution is 0.0757. The molecule has 0 aliphatic carbocycles. The molecule has 0 spiro atoms. The number of nitrogens with zero attached hydrogens (tertiary/aromatic N) is 3. The Hall–Kier alpha value is -2.17. The van der Waals surface area contributed by atoms with Gasteiger partial charge in [0.2, 0.25) is 0 Å². The van der Waals surface area contributed by atoms with Crippen molar-refractivity contribution >= 4 is 11.6 Å². The number of fused-ring (bicyclic) bond motifs is 1. The van der Waals surface area contributed by atoms with Crippen LogP contribution in [-0.4, -0.2) is 33.3 Å². The number of carbonyl (C=O) groups excluding carboxylic acids is 1. The smallest absolute Gasteiger partial charge is 0.270 e. The Bertz CT molecular complexity index is 753. The second-order valence-electron chi connectivity index (χ2n) is 6.28. The lowest BCUT2D eigenvalue weighted by Gasteiger charge is -2.20.